The number of anilines is 1. The molecule has 0 aromatic carbocycles. The first-order valence-corrected chi connectivity index (χ1v) is 6.51. The summed E-state index contributed by atoms with van der Waals surface area (Å²) in [6.45, 7) is 2.31. The zero-order chi connectivity index (χ0) is 14.4. The largest absolute Gasteiger partial charge is 0.477 e. The van der Waals surface area contributed by atoms with Gasteiger partial charge in [-0.1, -0.05) is 0 Å². The molecule has 7 heteroatoms. The van der Waals surface area contributed by atoms with Crippen molar-refractivity contribution < 1.29 is 24.2 Å². The molecule has 1 aromatic rings. The van der Waals surface area contributed by atoms with Crippen molar-refractivity contribution in [2.24, 2.45) is 0 Å². The van der Waals surface area contributed by atoms with Crippen LogP contribution in [0.5, 0.6) is 0 Å². The molecule has 0 aliphatic heterocycles. The zero-order valence-corrected chi connectivity index (χ0v) is 11.5. The number of thiophene rings is 1. The van der Waals surface area contributed by atoms with Gasteiger partial charge in [0.1, 0.15) is 16.2 Å². The van der Waals surface area contributed by atoms with Gasteiger partial charge in [0.05, 0.1) is 12.2 Å². The molecule has 19 heavy (non-hydrogen) atoms. The van der Waals surface area contributed by atoms with Crippen molar-refractivity contribution in [1.29, 1.82) is 0 Å². The SMILES string of the molecule is CCOC(=O)c1cc(C(=O)O)sc1N(C)CCC=O. The molecule has 6 nitrogen and oxygen atoms in total. The first kappa shape index (κ1) is 15.2. The standard InChI is InChI=1S/C12H15NO5S/c1-3-18-12(17)8-7-9(11(15)16)19-10(8)13(2)5-4-6-14/h6-7H,3-5H2,1-2H3,(H,15,16). The van der Waals surface area contributed by atoms with E-state index in [1.54, 1.807) is 18.9 Å². The number of rotatable bonds is 7. The van der Waals surface area contributed by atoms with Crippen molar-refractivity contribution >= 4 is 34.6 Å². The average molecular weight is 285 g/mol. The van der Waals surface area contributed by atoms with Gasteiger partial charge in [-0.25, -0.2) is 9.59 Å². The van der Waals surface area contributed by atoms with E-state index in [2.05, 4.69) is 0 Å². The Morgan fingerprint density at radius 1 is 1.53 bits per heavy atom. The molecule has 1 rings (SSSR count). The molecule has 0 spiro atoms. The van der Waals surface area contributed by atoms with E-state index in [-0.39, 0.29) is 17.0 Å². The van der Waals surface area contributed by atoms with Crippen molar-refractivity contribution in [1.82, 2.24) is 0 Å². The van der Waals surface area contributed by atoms with Crippen molar-refractivity contribution in [3.05, 3.63) is 16.5 Å². The summed E-state index contributed by atoms with van der Waals surface area (Å²) in [4.78, 5) is 34.9. The summed E-state index contributed by atoms with van der Waals surface area (Å²) in [7, 11) is 1.70. The Balaban J connectivity index is 3.08. The molecule has 0 aliphatic carbocycles. The van der Waals surface area contributed by atoms with Crippen LogP contribution in [0, 0.1) is 0 Å². The number of hydrogen-bond acceptors (Lipinski definition) is 6. The van der Waals surface area contributed by atoms with E-state index in [1.807, 2.05) is 0 Å². The lowest BCUT2D eigenvalue weighted by Gasteiger charge is -2.17. The number of carboxylic acid groups (broad SMARTS) is 1. The maximum Gasteiger partial charge on any atom is 0.345 e. The van der Waals surface area contributed by atoms with Gasteiger partial charge in [-0.15, -0.1) is 11.3 Å². The van der Waals surface area contributed by atoms with Crippen molar-refractivity contribution in [3.8, 4) is 0 Å². The second-order valence-electron chi connectivity index (χ2n) is 3.73. The molecule has 0 atom stereocenters. The van der Waals surface area contributed by atoms with Crippen LogP contribution in [0.15, 0.2) is 6.07 Å². The zero-order valence-electron chi connectivity index (χ0n) is 10.7. The highest BCUT2D eigenvalue weighted by Gasteiger charge is 2.22. The summed E-state index contributed by atoms with van der Waals surface area (Å²) >= 11 is 0.990. The Morgan fingerprint density at radius 2 is 2.21 bits per heavy atom. The second kappa shape index (κ2) is 6.89. The molecule has 0 amide bonds. The molecule has 0 saturated carbocycles. The van der Waals surface area contributed by atoms with Crippen LogP contribution < -0.4 is 4.90 Å². The van der Waals surface area contributed by atoms with Crippen LogP contribution in [0.3, 0.4) is 0 Å². The quantitative estimate of drug-likeness (QED) is 0.605. The summed E-state index contributed by atoms with van der Waals surface area (Å²) in [5, 5.41) is 9.47. The fraction of sp³-hybridized carbons (Fsp3) is 0.417. The highest BCUT2D eigenvalue weighted by Crippen LogP contribution is 2.31. The van der Waals surface area contributed by atoms with Crippen LogP contribution in [0.25, 0.3) is 0 Å². The van der Waals surface area contributed by atoms with Gasteiger partial charge in [0, 0.05) is 20.0 Å². The first-order valence-electron chi connectivity index (χ1n) is 5.70. The lowest BCUT2D eigenvalue weighted by atomic mass is 10.2. The molecule has 1 aromatic heterocycles. The summed E-state index contributed by atoms with van der Waals surface area (Å²) in [6.07, 6.45) is 1.07. The number of esters is 1. The molecule has 0 fully saturated rings. The van der Waals surface area contributed by atoms with Gasteiger partial charge in [-0.05, 0) is 13.0 Å². The van der Waals surface area contributed by atoms with Crippen molar-refractivity contribution in [2.75, 3.05) is 25.1 Å². The van der Waals surface area contributed by atoms with E-state index in [0.717, 1.165) is 17.6 Å². The van der Waals surface area contributed by atoms with E-state index < -0.39 is 11.9 Å². The minimum Gasteiger partial charge on any atom is -0.477 e. The van der Waals surface area contributed by atoms with Crippen molar-refractivity contribution in [3.63, 3.8) is 0 Å². The van der Waals surface area contributed by atoms with E-state index >= 15 is 0 Å². The Bertz CT molecular complexity index is 482. The number of carbonyl (C=O) groups excluding carboxylic acids is 2. The van der Waals surface area contributed by atoms with E-state index in [1.165, 1.54) is 6.07 Å². The number of nitrogens with zero attached hydrogens (tertiary/aromatic N) is 1. The maximum atomic E-state index is 11.8. The minimum absolute atomic E-state index is 0.0657. The predicted octanol–water partition coefficient (Wildman–Crippen LogP) is 1.65. The lowest BCUT2D eigenvalue weighted by molar-refractivity contribution is -0.107. The first-order chi connectivity index (χ1) is 9.01. The monoisotopic (exact) mass is 285 g/mol. The molecular formula is C12H15NO5S. The van der Waals surface area contributed by atoms with Crippen LogP contribution in [-0.2, 0) is 9.53 Å². The molecule has 0 bridgehead atoms. The Morgan fingerprint density at radius 3 is 2.74 bits per heavy atom. The number of carbonyl (C=O) groups is 3. The fourth-order valence-corrected chi connectivity index (χ4v) is 2.45. The molecule has 0 radical (unpaired) electrons. The van der Waals surface area contributed by atoms with Crippen molar-refractivity contribution in [2.45, 2.75) is 13.3 Å². The minimum atomic E-state index is -1.09. The summed E-state index contributed by atoms with van der Waals surface area (Å²) in [5.41, 5.74) is 0.220. The summed E-state index contributed by atoms with van der Waals surface area (Å²) in [6, 6.07) is 1.30. The molecular weight excluding hydrogens is 270 g/mol. The number of hydrogen-bond donors (Lipinski definition) is 1. The van der Waals surface area contributed by atoms with Crippen LogP contribution in [-0.4, -0.2) is 43.5 Å². The van der Waals surface area contributed by atoms with Crippen LogP contribution in [0.4, 0.5) is 5.00 Å². The highest BCUT2D eigenvalue weighted by molar-refractivity contribution is 7.18. The highest BCUT2D eigenvalue weighted by atomic mass is 32.1. The number of aromatic carboxylic acids is 1. The topological polar surface area (TPSA) is 83.9 Å². The molecule has 104 valence electrons. The predicted molar refractivity (Wildman–Crippen MR) is 71.2 cm³/mol. The Kier molecular flexibility index (Phi) is 5.50. The van der Waals surface area contributed by atoms with Crippen LogP contribution in [0.2, 0.25) is 0 Å². The van der Waals surface area contributed by atoms with Gasteiger partial charge < -0.3 is 19.5 Å². The summed E-state index contributed by atoms with van der Waals surface area (Å²) in [5.74, 6) is -1.65. The number of ether oxygens (including phenoxy) is 1. The van der Waals surface area contributed by atoms with E-state index in [9.17, 15) is 14.4 Å². The molecule has 0 unspecified atom stereocenters. The van der Waals surface area contributed by atoms with Gasteiger partial charge in [-0.2, -0.15) is 0 Å². The third-order valence-corrected chi connectivity index (χ3v) is 3.58. The third-order valence-electron chi connectivity index (χ3n) is 2.35. The summed E-state index contributed by atoms with van der Waals surface area (Å²) < 4.78 is 4.89. The van der Waals surface area contributed by atoms with Crippen LogP contribution in [0.1, 0.15) is 33.4 Å². The smallest absolute Gasteiger partial charge is 0.345 e. The second-order valence-corrected chi connectivity index (χ2v) is 4.76. The van der Waals surface area contributed by atoms with E-state index in [4.69, 9.17) is 9.84 Å². The van der Waals surface area contributed by atoms with Gasteiger partial charge in [0.2, 0.25) is 0 Å². The number of carboxylic acids is 1. The van der Waals surface area contributed by atoms with Gasteiger partial charge in [0.25, 0.3) is 0 Å². The molecule has 0 saturated heterocycles. The normalized spacial score (nSPS) is 10.0. The third kappa shape index (κ3) is 3.78. The van der Waals surface area contributed by atoms with Gasteiger partial charge >= 0.3 is 11.9 Å². The molecule has 1 N–H and O–H groups in total. The van der Waals surface area contributed by atoms with Crippen LogP contribution >= 0.6 is 11.3 Å². The lowest BCUT2D eigenvalue weighted by Crippen LogP contribution is -2.20. The van der Waals surface area contributed by atoms with E-state index in [0.29, 0.717) is 18.0 Å². The molecule has 1 heterocycles. The Hall–Kier alpha value is -1.89. The fourth-order valence-electron chi connectivity index (χ4n) is 1.47. The van der Waals surface area contributed by atoms with Gasteiger partial charge in [0.15, 0.2) is 0 Å². The maximum absolute atomic E-state index is 11.8. The Labute approximate surface area is 114 Å². The molecule has 0 aliphatic rings. The number of aldehydes is 1. The average Bonchev–Trinajstić information content (AvgIpc) is 2.81. The van der Waals surface area contributed by atoms with Gasteiger partial charge in [-0.3, -0.25) is 0 Å².